The minimum absolute atomic E-state index is 0.0713. The highest BCUT2D eigenvalue weighted by Gasteiger charge is 2.32. The SMILES string of the molecule is Cc1cccc(NC(=O)C[NH+]2CCN(S(=O)(=O)c3ccccc3Cl)CC2)c1. The number of benzene rings is 2. The number of hydrogen-bond donors (Lipinski definition) is 2. The predicted octanol–water partition coefficient (Wildman–Crippen LogP) is 1.18. The van der Waals surface area contributed by atoms with Crippen LogP contribution in [0.2, 0.25) is 5.02 Å². The number of aryl methyl sites for hydroxylation is 1. The summed E-state index contributed by atoms with van der Waals surface area (Å²) in [5.41, 5.74) is 1.86. The average molecular weight is 409 g/mol. The summed E-state index contributed by atoms with van der Waals surface area (Å²) in [6.07, 6.45) is 0. The molecule has 0 bridgehead atoms. The Bertz CT molecular complexity index is 925. The number of hydrogen-bond acceptors (Lipinski definition) is 3. The number of carbonyl (C=O) groups is 1. The van der Waals surface area contributed by atoms with E-state index in [2.05, 4.69) is 5.32 Å². The monoisotopic (exact) mass is 408 g/mol. The zero-order chi connectivity index (χ0) is 19.4. The molecule has 8 heteroatoms. The van der Waals surface area contributed by atoms with Crippen LogP contribution in [0.1, 0.15) is 5.56 Å². The molecule has 1 fully saturated rings. The third-order valence-corrected chi connectivity index (χ3v) is 6.99. The van der Waals surface area contributed by atoms with Crippen LogP contribution in [0.25, 0.3) is 0 Å². The van der Waals surface area contributed by atoms with E-state index in [-0.39, 0.29) is 15.8 Å². The number of nitrogens with one attached hydrogen (secondary N) is 2. The van der Waals surface area contributed by atoms with Gasteiger partial charge in [-0.2, -0.15) is 4.31 Å². The molecule has 1 aliphatic heterocycles. The molecule has 144 valence electrons. The van der Waals surface area contributed by atoms with Gasteiger partial charge >= 0.3 is 0 Å². The normalized spacial score (nSPS) is 16.2. The fraction of sp³-hybridized carbons (Fsp3) is 0.316. The molecule has 0 aliphatic carbocycles. The van der Waals surface area contributed by atoms with Crippen LogP contribution >= 0.6 is 11.6 Å². The van der Waals surface area contributed by atoms with Gasteiger partial charge in [-0.05, 0) is 36.8 Å². The highest BCUT2D eigenvalue weighted by Crippen LogP contribution is 2.24. The summed E-state index contributed by atoms with van der Waals surface area (Å²) in [6.45, 7) is 4.16. The molecule has 2 aromatic rings. The van der Waals surface area contributed by atoms with E-state index in [1.807, 2.05) is 31.2 Å². The van der Waals surface area contributed by atoms with E-state index in [1.54, 1.807) is 18.2 Å². The zero-order valence-electron chi connectivity index (χ0n) is 15.1. The van der Waals surface area contributed by atoms with Gasteiger partial charge in [-0.3, -0.25) is 4.79 Å². The molecule has 0 saturated carbocycles. The number of nitrogens with zero attached hydrogens (tertiary/aromatic N) is 1. The fourth-order valence-electron chi connectivity index (χ4n) is 3.17. The van der Waals surface area contributed by atoms with E-state index in [0.717, 1.165) is 16.2 Å². The van der Waals surface area contributed by atoms with E-state index in [0.29, 0.717) is 32.7 Å². The van der Waals surface area contributed by atoms with E-state index >= 15 is 0 Å². The lowest BCUT2D eigenvalue weighted by Gasteiger charge is -2.31. The standard InChI is InChI=1S/C19H22ClN3O3S/c1-15-5-4-6-16(13-15)21-19(24)14-22-9-11-23(12-10-22)27(25,26)18-8-3-2-7-17(18)20/h2-8,13H,9-12,14H2,1H3,(H,21,24)/p+1. The number of carbonyl (C=O) groups excluding carboxylic acids is 1. The first-order valence-corrected chi connectivity index (χ1v) is 10.6. The van der Waals surface area contributed by atoms with Crippen molar-refractivity contribution in [1.82, 2.24) is 4.31 Å². The summed E-state index contributed by atoms with van der Waals surface area (Å²) in [5.74, 6) is -0.0713. The lowest BCUT2D eigenvalue weighted by atomic mass is 10.2. The molecular weight excluding hydrogens is 386 g/mol. The number of sulfonamides is 1. The Morgan fingerprint density at radius 1 is 1.15 bits per heavy atom. The molecule has 0 unspecified atom stereocenters. The Kier molecular flexibility index (Phi) is 6.16. The van der Waals surface area contributed by atoms with Crippen LogP contribution in [0.4, 0.5) is 5.69 Å². The second kappa shape index (κ2) is 8.39. The molecule has 27 heavy (non-hydrogen) atoms. The predicted molar refractivity (Wildman–Crippen MR) is 106 cm³/mol. The van der Waals surface area contributed by atoms with Crippen molar-refractivity contribution in [3.8, 4) is 0 Å². The van der Waals surface area contributed by atoms with E-state index in [4.69, 9.17) is 11.6 Å². The number of anilines is 1. The van der Waals surface area contributed by atoms with Crippen molar-refractivity contribution in [2.24, 2.45) is 0 Å². The van der Waals surface area contributed by atoms with Crippen molar-refractivity contribution in [3.05, 3.63) is 59.1 Å². The van der Waals surface area contributed by atoms with Crippen LogP contribution < -0.4 is 10.2 Å². The largest absolute Gasteiger partial charge is 0.325 e. The van der Waals surface area contributed by atoms with Crippen LogP contribution in [0.3, 0.4) is 0 Å². The van der Waals surface area contributed by atoms with Crippen molar-refractivity contribution in [1.29, 1.82) is 0 Å². The first kappa shape index (κ1) is 19.8. The van der Waals surface area contributed by atoms with Crippen LogP contribution in [0, 0.1) is 6.92 Å². The van der Waals surface area contributed by atoms with Crippen molar-refractivity contribution in [2.75, 3.05) is 38.0 Å². The quantitative estimate of drug-likeness (QED) is 0.780. The summed E-state index contributed by atoms with van der Waals surface area (Å²) >= 11 is 6.05. The maximum Gasteiger partial charge on any atom is 0.279 e. The molecule has 1 aliphatic rings. The van der Waals surface area contributed by atoms with Crippen molar-refractivity contribution >= 4 is 33.2 Å². The number of rotatable bonds is 5. The number of amides is 1. The lowest BCUT2D eigenvalue weighted by Crippen LogP contribution is -3.15. The summed E-state index contributed by atoms with van der Waals surface area (Å²) < 4.78 is 27.0. The van der Waals surface area contributed by atoms with Gasteiger partial charge in [-0.15, -0.1) is 0 Å². The molecule has 0 atom stereocenters. The molecular formula is C19H23ClN3O3S+. The molecule has 1 heterocycles. The molecule has 2 N–H and O–H groups in total. The van der Waals surface area contributed by atoms with Gasteiger partial charge in [0.25, 0.3) is 5.91 Å². The van der Waals surface area contributed by atoms with Gasteiger partial charge in [0.05, 0.1) is 31.2 Å². The van der Waals surface area contributed by atoms with Crippen LogP contribution in [-0.2, 0) is 14.8 Å². The molecule has 0 spiro atoms. The Labute approximate surface area is 164 Å². The Balaban J connectivity index is 1.56. The Morgan fingerprint density at radius 2 is 1.85 bits per heavy atom. The number of halogens is 1. The molecule has 2 aromatic carbocycles. The highest BCUT2D eigenvalue weighted by molar-refractivity contribution is 7.89. The van der Waals surface area contributed by atoms with Crippen molar-refractivity contribution in [2.45, 2.75) is 11.8 Å². The van der Waals surface area contributed by atoms with Crippen LogP contribution in [0.15, 0.2) is 53.4 Å². The van der Waals surface area contributed by atoms with Crippen LogP contribution in [-0.4, -0.2) is 51.4 Å². The maximum atomic E-state index is 12.8. The van der Waals surface area contributed by atoms with Gasteiger partial charge in [0.2, 0.25) is 10.0 Å². The van der Waals surface area contributed by atoms with Crippen molar-refractivity contribution < 1.29 is 18.1 Å². The smallest absolute Gasteiger partial charge is 0.279 e. The third-order valence-electron chi connectivity index (χ3n) is 4.60. The maximum absolute atomic E-state index is 12.8. The Morgan fingerprint density at radius 3 is 2.52 bits per heavy atom. The molecule has 1 amide bonds. The molecule has 6 nitrogen and oxygen atoms in total. The zero-order valence-corrected chi connectivity index (χ0v) is 16.7. The molecule has 1 saturated heterocycles. The third kappa shape index (κ3) is 4.87. The van der Waals surface area contributed by atoms with E-state index < -0.39 is 10.0 Å². The van der Waals surface area contributed by atoms with Gasteiger partial charge < -0.3 is 10.2 Å². The summed E-state index contributed by atoms with van der Waals surface area (Å²) in [5, 5.41) is 3.12. The minimum Gasteiger partial charge on any atom is -0.325 e. The van der Waals surface area contributed by atoms with E-state index in [9.17, 15) is 13.2 Å². The van der Waals surface area contributed by atoms with Gasteiger partial charge in [-0.1, -0.05) is 35.9 Å². The summed E-state index contributed by atoms with van der Waals surface area (Å²) in [6, 6.07) is 14.1. The minimum atomic E-state index is -3.61. The van der Waals surface area contributed by atoms with Crippen molar-refractivity contribution in [3.63, 3.8) is 0 Å². The van der Waals surface area contributed by atoms with Gasteiger partial charge in [0.1, 0.15) is 4.90 Å². The highest BCUT2D eigenvalue weighted by atomic mass is 35.5. The molecule has 0 radical (unpaired) electrons. The average Bonchev–Trinajstić information content (AvgIpc) is 2.62. The number of piperazine rings is 1. The second-order valence-electron chi connectivity index (χ2n) is 6.68. The van der Waals surface area contributed by atoms with Gasteiger partial charge in [0.15, 0.2) is 6.54 Å². The lowest BCUT2D eigenvalue weighted by molar-refractivity contribution is -0.895. The molecule has 0 aromatic heterocycles. The summed E-state index contributed by atoms with van der Waals surface area (Å²) in [7, 11) is -3.61. The first-order valence-electron chi connectivity index (χ1n) is 8.81. The topological polar surface area (TPSA) is 70.9 Å². The molecule has 3 rings (SSSR count). The van der Waals surface area contributed by atoms with Gasteiger partial charge in [-0.25, -0.2) is 8.42 Å². The Hall–Kier alpha value is -1.93. The van der Waals surface area contributed by atoms with Gasteiger partial charge in [0, 0.05) is 5.69 Å². The fourth-order valence-corrected chi connectivity index (χ4v) is 5.10. The van der Waals surface area contributed by atoms with E-state index in [1.165, 1.54) is 10.4 Å². The summed E-state index contributed by atoms with van der Waals surface area (Å²) in [4.78, 5) is 13.4. The number of quaternary nitrogens is 1. The second-order valence-corrected chi connectivity index (χ2v) is 8.99. The van der Waals surface area contributed by atoms with Crippen LogP contribution in [0.5, 0.6) is 0 Å². The first-order chi connectivity index (χ1) is 12.9.